The molecule has 70 valence electrons. The minimum Gasteiger partial charge on any atom is -0.353 e. The third-order valence-electron chi connectivity index (χ3n) is 1.64. The Kier molecular flexibility index (Phi) is 2.31. The first kappa shape index (κ1) is 8.55. The van der Waals surface area contributed by atoms with Gasteiger partial charge >= 0.3 is 0 Å². The molecule has 0 atom stereocenters. The van der Waals surface area contributed by atoms with Crippen LogP contribution in [0.25, 0.3) is 11.6 Å². The Hall–Kier alpha value is -2.04. The minimum absolute atomic E-state index is 0.246. The normalized spacial score (nSPS) is 10.0. The van der Waals surface area contributed by atoms with Crippen molar-refractivity contribution in [2.45, 2.75) is 6.42 Å². The van der Waals surface area contributed by atoms with Crippen molar-refractivity contribution in [3.05, 3.63) is 30.2 Å². The lowest BCUT2D eigenvalue weighted by Gasteiger charge is -1.89. The van der Waals surface area contributed by atoms with Gasteiger partial charge in [0.2, 0.25) is 5.76 Å². The van der Waals surface area contributed by atoms with Crippen LogP contribution in [0.5, 0.6) is 0 Å². The van der Waals surface area contributed by atoms with Gasteiger partial charge in [-0.1, -0.05) is 5.16 Å². The summed E-state index contributed by atoms with van der Waals surface area (Å²) in [7, 11) is 0. The van der Waals surface area contributed by atoms with E-state index < -0.39 is 0 Å². The summed E-state index contributed by atoms with van der Waals surface area (Å²) in [5.74, 6) is 0.944. The molecule has 0 aromatic carbocycles. The van der Waals surface area contributed by atoms with Gasteiger partial charge in [0, 0.05) is 24.9 Å². The molecule has 0 radical (unpaired) electrons. The number of nitrogens with zero attached hydrogens (tertiary/aromatic N) is 3. The molecule has 0 fully saturated rings. The van der Waals surface area contributed by atoms with Crippen molar-refractivity contribution in [2.75, 3.05) is 0 Å². The summed E-state index contributed by atoms with van der Waals surface area (Å²) in [5.41, 5.74) is 0.586. The van der Waals surface area contributed by atoms with Crippen LogP contribution in [-0.4, -0.2) is 21.4 Å². The summed E-state index contributed by atoms with van der Waals surface area (Å²) in [4.78, 5) is 18.2. The molecule has 2 heterocycles. The van der Waals surface area contributed by atoms with Crippen LogP contribution in [0.4, 0.5) is 0 Å². The number of hydrogen-bond acceptors (Lipinski definition) is 5. The zero-order valence-electron chi connectivity index (χ0n) is 7.25. The van der Waals surface area contributed by atoms with Crippen LogP contribution < -0.4 is 0 Å². The summed E-state index contributed by atoms with van der Waals surface area (Å²) in [6.07, 6.45) is 4.25. The fourth-order valence-electron chi connectivity index (χ4n) is 1.03. The van der Waals surface area contributed by atoms with Crippen LogP contribution in [0.2, 0.25) is 0 Å². The number of aldehydes is 1. The van der Waals surface area contributed by atoms with Crippen molar-refractivity contribution in [2.24, 2.45) is 0 Å². The minimum atomic E-state index is 0.246. The van der Waals surface area contributed by atoms with E-state index in [2.05, 4.69) is 15.1 Å². The van der Waals surface area contributed by atoms with Gasteiger partial charge in [-0.25, -0.2) is 9.97 Å². The van der Waals surface area contributed by atoms with Crippen LogP contribution in [0.1, 0.15) is 5.69 Å². The van der Waals surface area contributed by atoms with Crippen molar-refractivity contribution in [3.63, 3.8) is 0 Å². The van der Waals surface area contributed by atoms with Crippen molar-refractivity contribution in [3.8, 4) is 11.6 Å². The Morgan fingerprint density at radius 2 is 2.14 bits per heavy atom. The summed E-state index contributed by atoms with van der Waals surface area (Å²) in [6.45, 7) is 0. The van der Waals surface area contributed by atoms with Gasteiger partial charge in [0.05, 0.1) is 5.69 Å². The number of carbonyl (C=O) groups is 1. The molecule has 0 spiro atoms. The second kappa shape index (κ2) is 3.78. The quantitative estimate of drug-likeness (QED) is 0.670. The molecule has 14 heavy (non-hydrogen) atoms. The standard InChI is InChI=1S/C9H7N3O2/c13-5-2-7-6-8(14-12-7)9-10-3-1-4-11-9/h1,3-6H,2H2. The van der Waals surface area contributed by atoms with E-state index in [0.717, 1.165) is 6.29 Å². The van der Waals surface area contributed by atoms with Gasteiger partial charge in [0.1, 0.15) is 6.29 Å². The number of aromatic nitrogens is 3. The molecule has 0 aliphatic heterocycles. The van der Waals surface area contributed by atoms with Gasteiger partial charge in [-0.05, 0) is 6.07 Å². The predicted molar refractivity (Wildman–Crippen MR) is 47.3 cm³/mol. The third kappa shape index (κ3) is 1.66. The lowest BCUT2D eigenvalue weighted by Crippen LogP contribution is -1.84. The first-order valence-electron chi connectivity index (χ1n) is 4.07. The van der Waals surface area contributed by atoms with Crippen molar-refractivity contribution in [1.82, 2.24) is 15.1 Å². The number of hydrogen-bond donors (Lipinski definition) is 0. The molecule has 2 aromatic rings. The molecular weight excluding hydrogens is 182 g/mol. The second-order valence-corrected chi connectivity index (χ2v) is 2.63. The number of carbonyl (C=O) groups excluding carboxylic acids is 1. The highest BCUT2D eigenvalue weighted by Crippen LogP contribution is 2.14. The lowest BCUT2D eigenvalue weighted by molar-refractivity contribution is -0.107. The molecule has 0 unspecified atom stereocenters. The average molecular weight is 189 g/mol. The van der Waals surface area contributed by atoms with E-state index in [4.69, 9.17) is 4.52 Å². The van der Waals surface area contributed by atoms with Crippen LogP contribution in [0.3, 0.4) is 0 Å². The van der Waals surface area contributed by atoms with Crippen LogP contribution >= 0.6 is 0 Å². The molecule has 0 amide bonds. The van der Waals surface area contributed by atoms with Gasteiger partial charge in [-0.3, -0.25) is 0 Å². The summed E-state index contributed by atoms with van der Waals surface area (Å²) in [6, 6.07) is 3.37. The maximum atomic E-state index is 10.2. The Morgan fingerprint density at radius 3 is 2.86 bits per heavy atom. The fourth-order valence-corrected chi connectivity index (χ4v) is 1.03. The van der Waals surface area contributed by atoms with Crippen LogP contribution in [0, 0.1) is 0 Å². The Balaban J connectivity index is 2.29. The highest BCUT2D eigenvalue weighted by Gasteiger charge is 2.07. The summed E-state index contributed by atoms with van der Waals surface area (Å²) >= 11 is 0. The topological polar surface area (TPSA) is 68.9 Å². The monoisotopic (exact) mass is 189 g/mol. The van der Waals surface area contributed by atoms with Crippen molar-refractivity contribution >= 4 is 6.29 Å². The molecule has 0 aliphatic rings. The summed E-state index contributed by atoms with van der Waals surface area (Å²) in [5, 5.41) is 3.70. The Morgan fingerprint density at radius 1 is 1.36 bits per heavy atom. The highest BCUT2D eigenvalue weighted by molar-refractivity contribution is 5.55. The molecule has 5 heteroatoms. The molecule has 0 aliphatic carbocycles. The molecule has 0 bridgehead atoms. The molecule has 2 aromatic heterocycles. The van der Waals surface area contributed by atoms with Gasteiger partial charge in [0.25, 0.3) is 0 Å². The van der Waals surface area contributed by atoms with E-state index in [1.807, 2.05) is 0 Å². The molecule has 2 rings (SSSR count). The van der Waals surface area contributed by atoms with E-state index in [1.165, 1.54) is 0 Å². The zero-order valence-corrected chi connectivity index (χ0v) is 7.25. The van der Waals surface area contributed by atoms with E-state index in [1.54, 1.807) is 24.5 Å². The fraction of sp³-hybridized carbons (Fsp3) is 0.111. The number of rotatable bonds is 3. The van der Waals surface area contributed by atoms with E-state index >= 15 is 0 Å². The first-order chi connectivity index (χ1) is 6.90. The largest absolute Gasteiger partial charge is 0.353 e. The first-order valence-corrected chi connectivity index (χ1v) is 4.07. The molecule has 5 nitrogen and oxygen atoms in total. The molecule has 0 saturated heterocycles. The Bertz CT molecular complexity index is 425. The van der Waals surface area contributed by atoms with Gasteiger partial charge in [0.15, 0.2) is 5.82 Å². The van der Waals surface area contributed by atoms with Crippen molar-refractivity contribution < 1.29 is 9.32 Å². The molecular formula is C9H7N3O2. The van der Waals surface area contributed by atoms with E-state index in [9.17, 15) is 4.79 Å². The van der Waals surface area contributed by atoms with Gasteiger partial charge in [-0.2, -0.15) is 0 Å². The van der Waals surface area contributed by atoms with Crippen LogP contribution in [0.15, 0.2) is 29.0 Å². The molecule has 0 N–H and O–H groups in total. The average Bonchev–Trinajstić information content (AvgIpc) is 2.68. The highest BCUT2D eigenvalue weighted by atomic mass is 16.5. The maximum absolute atomic E-state index is 10.2. The van der Waals surface area contributed by atoms with Gasteiger partial charge < -0.3 is 9.32 Å². The van der Waals surface area contributed by atoms with E-state index in [-0.39, 0.29) is 6.42 Å². The van der Waals surface area contributed by atoms with Crippen molar-refractivity contribution in [1.29, 1.82) is 0 Å². The zero-order chi connectivity index (χ0) is 9.80. The second-order valence-electron chi connectivity index (χ2n) is 2.63. The van der Waals surface area contributed by atoms with E-state index in [0.29, 0.717) is 17.3 Å². The SMILES string of the molecule is O=CCc1cc(-c2ncccn2)on1. The smallest absolute Gasteiger partial charge is 0.204 e. The Labute approximate surface area is 79.8 Å². The van der Waals surface area contributed by atoms with Crippen LogP contribution in [-0.2, 0) is 11.2 Å². The molecule has 0 saturated carbocycles. The van der Waals surface area contributed by atoms with Gasteiger partial charge in [-0.15, -0.1) is 0 Å². The third-order valence-corrected chi connectivity index (χ3v) is 1.64. The summed E-state index contributed by atoms with van der Waals surface area (Å²) < 4.78 is 4.97. The lowest BCUT2D eigenvalue weighted by atomic mass is 10.3. The maximum Gasteiger partial charge on any atom is 0.204 e. The predicted octanol–water partition coefficient (Wildman–Crippen LogP) is 0.873.